The quantitative estimate of drug-likeness (QED) is 0.691. The summed E-state index contributed by atoms with van der Waals surface area (Å²) in [6.45, 7) is 3.92. The fourth-order valence-corrected chi connectivity index (χ4v) is 1.96. The summed E-state index contributed by atoms with van der Waals surface area (Å²) in [5.41, 5.74) is 0.797. The lowest BCUT2D eigenvalue weighted by molar-refractivity contribution is 0.170. The van der Waals surface area contributed by atoms with E-state index >= 15 is 0 Å². The Balaban J connectivity index is 2.56. The Bertz CT molecular complexity index is 435. The third-order valence-corrected chi connectivity index (χ3v) is 3.22. The molecule has 0 spiro atoms. The molecular formula is C16H27N3O2. The molecule has 5 nitrogen and oxygen atoms in total. The van der Waals surface area contributed by atoms with E-state index in [-0.39, 0.29) is 6.09 Å². The van der Waals surface area contributed by atoms with Crippen LogP contribution in [0.5, 0.6) is 5.75 Å². The first-order chi connectivity index (χ1) is 10.0. The lowest BCUT2D eigenvalue weighted by Crippen LogP contribution is -2.26. The second kappa shape index (κ2) is 9.34. The van der Waals surface area contributed by atoms with E-state index in [1.165, 1.54) is 30.6 Å². The summed E-state index contributed by atoms with van der Waals surface area (Å²) in [5.74, 6) is 0.539. The van der Waals surface area contributed by atoms with Gasteiger partial charge in [0.2, 0.25) is 0 Å². The molecule has 0 aliphatic carbocycles. The molecule has 5 heteroatoms. The lowest BCUT2D eigenvalue weighted by Gasteiger charge is -2.18. The van der Waals surface area contributed by atoms with Crippen LogP contribution in [0, 0.1) is 0 Å². The van der Waals surface area contributed by atoms with E-state index in [2.05, 4.69) is 23.9 Å². The molecular weight excluding hydrogens is 266 g/mol. The fourth-order valence-electron chi connectivity index (χ4n) is 1.96. The van der Waals surface area contributed by atoms with Gasteiger partial charge in [0.25, 0.3) is 0 Å². The molecule has 21 heavy (non-hydrogen) atoms. The molecule has 1 aromatic heterocycles. The van der Waals surface area contributed by atoms with E-state index in [1.54, 1.807) is 32.4 Å². The molecule has 0 aliphatic heterocycles. The molecule has 0 radical (unpaired) electrons. The Kier molecular flexibility index (Phi) is 7.75. The van der Waals surface area contributed by atoms with E-state index in [0.717, 1.165) is 12.2 Å². The zero-order valence-electron chi connectivity index (χ0n) is 13.6. The predicted octanol–water partition coefficient (Wildman–Crippen LogP) is 3.15. The van der Waals surface area contributed by atoms with Crippen LogP contribution in [0.25, 0.3) is 0 Å². The molecule has 1 aromatic rings. The van der Waals surface area contributed by atoms with Crippen molar-refractivity contribution >= 4 is 6.09 Å². The smallest absolute Gasteiger partial charge is 0.408 e. The highest BCUT2D eigenvalue weighted by atomic mass is 16.6. The lowest BCUT2D eigenvalue weighted by atomic mass is 10.2. The van der Waals surface area contributed by atoms with Gasteiger partial charge in [0.15, 0.2) is 5.75 Å². The highest BCUT2D eigenvalue weighted by Gasteiger charge is 2.12. The summed E-state index contributed by atoms with van der Waals surface area (Å²) in [6, 6.07) is 3.57. The van der Waals surface area contributed by atoms with Crippen molar-refractivity contribution in [2.75, 3.05) is 27.7 Å². The van der Waals surface area contributed by atoms with Gasteiger partial charge >= 0.3 is 6.09 Å². The maximum absolute atomic E-state index is 11.7. The van der Waals surface area contributed by atoms with Gasteiger partial charge in [-0.3, -0.25) is 4.98 Å². The minimum absolute atomic E-state index is 0.380. The molecule has 1 heterocycles. The van der Waals surface area contributed by atoms with Crippen LogP contribution in [0.1, 0.15) is 38.3 Å². The molecule has 0 fully saturated rings. The average molecular weight is 293 g/mol. The number of rotatable bonds is 8. The third-order valence-electron chi connectivity index (χ3n) is 3.22. The van der Waals surface area contributed by atoms with Crippen molar-refractivity contribution < 1.29 is 9.53 Å². The molecule has 0 unspecified atom stereocenters. The molecule has 0 saturated heterocycles. The summed E-state index contributed by atoms with van der Waals surface area (Å²) >= 11 is 0. The minimum Gasteiger partial charge on any atom is -0.408 e. The molecule has 0 atom stereocenters. The minimum atomic E-state index is -0.380. The normalized spacial score (nSPS) is 10.7. The molecule has 0 N–H and O–H groups in total. The van der Waals surface area contributed by atoms with Gasteiger partial charge in [-0.2, -0.15) is 0 Å². The molecule has 0 saturated carbocycles. The highest BCUT2D eigenvalue weighted by molar-refractivity contribution is 5.70. The highest BCUT2D eigenvalue weighted by Crippen LogP contribution is 2.18. The van der Waals surface area contributed by atoms with Crippen LogP contribution >= 0.6 is 0 Å². The van der Waals surface area contributed by atoms with Crippen molar-refractivity contribution in [3.05, 3.63) is 24.0 Å². The number of nitrogens with zero attached hydrogens (tertiary/aromatic N) is 3. The van der Waals surface area contributed by atoms with E-state index < -0.39 is 0 Å². The summed E-state index contributed by atoms with van der Waals surface area (Å²) in [7, 11) is 5.40. The number of hydrogen-bond acceptors (Lipinski definition) is 4. The SMILES string of the molecule is CCCCCCN(C)Cc1ncccc1OC(=O)N(C)C. The summed E-state index contributed by atoms with van der Waals surface area (Å²) in [6.07, 6.45) is 6.32. The van der Waals surface area contributed by atoms with Crippen molar-refractivity contribution in [2.45, 2.75) is 39.2 Å². The number of carbonyl (C=O) groups is 1. The van der Waals surface area contributed by atoms with Crippen LogP contribution in [0.3, 0.4) is 0 Å². The number of pyridine rings is 1. The van der Waals surface area contributed by atoms with Crippen molar-refractivity contribution in [2.24, 2.45) is 0 Å². The first-order valence-electron chi connectivity index (χ1n) is 7.56. The zero-order chi connectivity index (χ0) is 15.7. The molecule has 0 aromatic carbocycles. The van der Waals surface area contributed by atoms with E-state index in [1.807, 2.05) is 0 Å². The second-order valence-corrected chi connectivity index (χ2v) is 5.51. The summed E-state index contributed by atoms with van der Waals surface area (Å²) in [4.78, 5) is 19.6. The van der Waals surface area contributed by atoms with Gasteiger partial charge < -0.3 is 14.5 Å². The van der Waals surface area contributed by atoms with Crippen LogP contribution < -0.4 is 4.74 Å². The van der Waals surface area contributed by atoms with E-state index in [9.17, 15) is 4.79 Å². The fraction of sp³-hybridized carbons (Fsp3) is 0.625. The molecule has 0 aliphatic rings. The summed E-state index contributed by atoms with van der Waals surface area (Å²) < 4.78 is 5.35. The maximum Gasteiger partial charge on any atom is 0.414 e. The van der Waals surface area contributed by atoms with Gasteiger partial charge in [0, 0.05) is 26.8 Å². The molecule has 0 bridgehead atoms. The monoisotopic (exact) mass is 293 g/mol. The van der Waals surface area contributed by atoms with Gasteiger partial charge in [0.05, 0.1) is 5.69 Å². The average Bonchev–Trinajstić information content (AvgIpc) is 2.45. The number of amides is 1. The predicted molar refractivity (Wildman–Crippen MR) is 84.4 cm³/mol. The van der Waals surface area contributed by atoms with Crippen LogP contribution in [0.4, 0.5) is 4.79 Å². The summed E-state index contributed by atoms with van der Waals surface area (Å²) in [5, 5.41) is 0. The Morgan fingerprint density at radius 3 is 2.67 bits per heavy atom. The topological polar surface area (TPSA) is 45.7 Å². The van der Waals surface area contributed by atoms with E-state index in [0.29, 0.717) is 12.3 Å². The largest absolute Gasteiger partial charge is 0.414 e. The van der Waals surface area contributed by atoms with Crippen molar-refractivity contribution in [3.8, 4) is 5.75 Å². The molecule has 1 rings (SSSR count). The van der Waals surface area contributed by atoms with Gasteiger partial charge in [-0.05, 0) is 32.1 Å². The van der Waals surface area contributed by atoms with Gasteiger partial charge in [-0.15, -0.1) is 0 Å². The van der Waals surface area contributed by atoms with Crippen LogP contribution in [0.15, 0.2) is 18.3 Å². The Morgan fingerprint density at radius 2 is 2.00 bits per heavy atom. The number of unbranched alkanes of at least 4 members (excludes halogenated alkanes) is 3. The number of hydrogen-bond donors (Lipinski definition) is 0. The Morgan fingerprint density at radius 1 is 1.24 bits per heavy atom. The first-order valence-corrected chi connectivity index (χ1v) is 7.56. The molecule has 118 valence electrons. The van der Waals surface area contributed by atoms with Crippen LogP contribution in [0.2, 0.25) is 0 Å². The zero-order valence-corrected chi connectivity index (χ0v) is 13.6. The Labute approximate surface area is 127 Å². The number of carbonyl (C=O) groups excluding carboxylic acids is 1. The number of aromatic nitrogens is 1. The maximum atomic E-state index is 11.7. The molecule has 1 amide bonds. The van der Waals surface area contributed by atoms with Crippen molar-refractivity contribution in [1.29, 1.82) is 0 Å². The number of ether oxygens (including phenoxy) is 1. The van der Waals surface area contributed by atoms with Crippen molar-refractivity contribution in [1.82, 2.24) is 14.8 Å². The standard InChI is InChI=1S/C16H27N3O2/c1-5-6-7-8-12-19(4)13-14-15(10-9-11-17-14)21-16(20)18(2)3/h9-11H,5-8,12-13H2,1-4H3. The van der Waals surface area contributed by atoms with Gasteiger partial charge in [0.1, 0.15) is 0 Å². The second-order valence-electron chi connectivity index (χ2n) is 5.51. The first kappa shape index (κ1) is 17.4. The van der Waals surface area contributed by atoms with Crippen LogP contribution in [-0.2, 0) is 6.54 Å². The Hall–Kier alpha value is -1.62. The van der Waals surface area contributed by atoms with Gasteiger partial charge in [-0.1, -0.05) is 26.2 Å². The van der Waals surface area contributed by atoms with Gasteiger partial charge in [-0.25, -0.2) is 4.79 Å². The third kappa shape index (κ3) is 6.58. The van der Waals surface area contributed by atoms with Crippen molar-refractivity contribution in [3.63, 3.8) is 0 Å². The van der Waals surface area contributed by atoms with E-state index in [4.69, 9.17) is 4.74 Å². The van der Waals surface area contributed by atoms with Crippen LogP contribution in [-0.4, -0.2) is 48.6 Å².